The van der Waals surface area contributed by atoms with Gasteiger partial charge in [-0.1, -0.05) is 306 Å². The van der Waals surface area contributed by atoms with E-state index in [1.165, 1.54) is 107 Å². The van der Waals surface area contributed by atoms with Gasteiger partial charge < -0.3 is 0 Å². The molecule has 0 aliphatic heterocycles. The van der Waals surface area contributed by atoms with E-state index < -0.39 is 0 Å². The maximum Gasteiger partial charge on any atom is 0.0210 e. The second-order valence-corrected chi connectivity index (χ2v) is 32.9. The van der Waals surface area contributed by atoms with Crippen LogP contribution in [0, 0.1) is 27.1 Å². The highest BCUT2D eigenvalue weighted by atomic mass is 79.9. The van der Waals surface area contributed by atoms with Gasteiger partial charge in [-0.05, 0) is 223 Å². The van der Waals surface area contributed by atoms with Gasteiger partial charge in [0.25, 0.3) is 0 Å². The van der Waals surface area contributed by atoms with Gasteiger partial charge in [0, 0.05) is 14.9 Å². The van der Waals surface area contributed by atoms with Crippen molar-refractivity contribution in [2.75, 3.05) is 0 Å². The summed E-state index contributed by atoms with van der Waals surface area (Å²) >= 11 is 7.18. The summed E-state index contributed by atoms with van der Waals surface area (Å²) in [5.41, 5.74) is 24.4. The van der Waals surface area contributed by atoms with Crippen molar-refractivity contribution in [3.63, 3.8) is 0 Å². The Morgan fingerprint density at radius 3 is 1.24 bits per heavy atom. The molecule has 0 saturated heterocycles. The molecule has 5 aliphatic rings. The van der Waals surface area contributed by atoms with Gasteiger partial charge >= 0.3 is 0 Å². The SMILES string of the molecule is CC(C)(C)C1CCC(c2ccccc2)c2ccccc21.CC(C)(C)C1CCc2c(-c3ccccc3)cccc21.CC(C)(C)C1CCc2c(Br)cccc21.CC(C)(C)C1CCc2cc(-c3ccccc3)ccc21.CC(C)(C)C1CCc2cc(Br)ccc21. The number of halogens is 2. The summed E-state index contributed by atoms with van der Waals surface area (Å²) in [4.78, 5) is 0. The third-order valence-electron chi connectivity index (χ3n) is 20.0. The molecule has 8 aromatic carbocycles. The van der Waals surface area contributed by atoms with Crippen LogP contribution in [0.3, 0.4) is 0 Å². The molecule has 452 valence electrons. The Morgan fingerprint density at radius 2 is 0.698 bits per heavy atom. The summed E-state index contributed by atoms with van der Waals surface area (Å²) in [6.07, 6.45) is 12.7. The van der Waals surface area contributed by atoms with Crippen LogP contribution in [-0.2, 0) is 25.7 Å². The largest absolute Gasteiger partial charge is 0.0622 e. The van der Waals surface area contributed by atoms with Crippen LogP contribution in [0.4, 0.5) is 0 Å². The Balaban J connectivity index is 0.000000129. The molecular weight excluding hydrogens is 1170 g/mol. The number of rotatable bonds is 3. The van der Waals surface area contributed by atoms with Gasteiger partial charge in [0.15, 0.2) is 0 Å². The van der Waals surface area contributed by atoms with Crippen molar-refractivity contribution >= 4 is 31.9 Å². The zero-order valence-corrected chi connectivity index (χ0v) is 58.4. The fourth-order valence-corrected chi connectivity index (χ4v) is 16.5. The highest BCUT2D eigenvalue weighted by molar-refractivity contribution is 9.10. The molecule has 0 radical (unpaired) electrons. The predicted molar refractivity (Wildman–Crippen MR) is 380 cm³/mol. The molecule has 13 rings (SSSR count). The number of hydrogen-bond acceptors (Lipinski definition) is 0. The Bertz CT molecular complexity index is 3490. The van der Waals surface area contributed by atoms with Crippen LogP contribution >= 0.6 is 31.9 Å². The Morgan fingerprint density at radius 1 is 0.291 bits per heavy atom. The average molecular weight is 1270 g/mol. The van der Waals surface area contributed by atoms with Crippen molar-refractivity contribution < 1.29 is 0 Å². The molecule has 6 atom stereocenters. The summed E-state index contributed by atoms with van der Waals surface area (Å²) < 4.78 is 2.51. The van der Waals surface area contributed by atoms with Crippen LogP contribution in [0.5, 0.6) is 0 Å². The van der Waals surface area contributed by atoms with Crippen molar-refractivity contribution in [3.8, 4) is 22.3 Å². The lowest BCUT2D eigenvalue weighted by Gasteiger charge is -2.39. The van der Waals surface area contributed by atoms with E-state index in [1.54, 1.807) is 50.1 Å². The van der Waals surface area contributed by atoms with Gasteiger partial charge in [0.2, 0.25) is 0 Å². The second-order valence-electron chi connectivity index (χ2n) is 31.1. The topological polar surface area (TPSA) is 0 Å². The lowest BCUT2D eigenvalue weighted by molar-refractivity contribution is 0.284. The van der Waals surface area contributed by atoms with E-state index in [2.05, 4.69) is 324 Å². The van der Waals surface area contributed by atoms with Crippen molar-refractivity contribution in [2.45, 2.75) is 204 Å². The highest BCUT2D eigenvalue weighted by Crippen LogP contribution is 2.52. The quantitative estimate of drug-likeness (QED) is 0.165. The summed E-state index contributed by atoms with van der Waals surface area (Å²) in [7, 11) is 0. The van der Waals surface area contributed by atoms with Crippen molar-refractivity contribution in [1.29, 1.82) is 0 Å². The molecule has 0 fully saturated rings. The molecule has 8 aromatic rings. The smallest absolute Gasteiger partial charge is 0.0210 e. The second kappa shape index (κ2) is 27.2. The van der Waals surface area contributed by atoms with E-state index in [1.807, 2.05) is 0 Å². The third-order valence-corrected chi connectivity index (χ3v) is 21.2. The van der Waals surface area contributed by atoms with Crippen LogP contribution < -0.4 is 0 Å². The maximum absolute atomic E-state index is 3.64. The molecule has 86 heavy (non-hydrogen) atoms. The van der Waals surface area contributed by atoms with E-state index in [-0.39, 0.29) is 0 Å². The first-order valence-corrected chi connectivity index (χ1v) is 34.3. The minimum Gasteiger partial charge on any atom is -0.0622 e. The molecule has 0 amide bonds. The van der Waals surface area contributed by atoms with Gasteiger partial charge in [-0.25, -0.2) is 0 Å². The van der Waals surface area contributed by atoms with Gasteiger partial charge in [0.05, 0.1) is 0 Å². The van der Waals surface area contributed by atoms with Crippen LogP contribution in [0.2, 0.25) is 0 Å². The van der Waals surface area contributed by atoms with Crippen LogP contribution in [0.15, 0.2) is 197 Å². The van der Waals surface area contributed by atoms with Gasteiger partial charge in [-0.15, -0.1) is 0 Å². The monoisotopic (exact) mass is 1270 g/mol. The van der Waals surface area contributed by atoms with Crippen molar-refractivity contribution in [2.24, 2.45) is 27.1 Å². The minimum atomic E-state index is 0.345. The van der Waals surface area contributed by atoms with E-state index in [0.29, 0.717) is 50.7 Å². The molecular formula is C84H102Br2. The molecule has 0 saturated carbocycles. The first-order chi connectivity index (χ1) is 40.7. The van der Waals surface area contributed by atoms with Crippen LogP contribution in [-0.4, -0.2) is 0 Å². The Hall–Kier alpha value is -5.28. The minimum absolute atomic E-state index is 0.345. The summed E-state index contributed by atoms with van der Waals surface area (Å²) in [5.74, 6) is 4.14. The Kier molecular flexibility index (Phi) is 20.6. The van der Waals surface area contributed by atoms with Crippen molar-refractivity contribution in [3.05, 3.63) is 258 Å². The zero-order valence-electron chi connectivity index (χ0n) is 55.2. The van der Waals surface area contributed by atoms with Gasteiger partial charge in [-0.2, -0.15) is 0 Å². The summed E-state index contributed by atoms with van der Waals surface area (Å²) in [5, 5.41) is 0. The molecule has 0 nitrogen and oxygen atoms in total. The molecule has 0 aromatic heterocycles. The molecule has 0 bridgehead atoms. The molecule has 5 aliphatic carbocycles. The summed E-state index contributed by atoms with van der Waals surface area (Å²) in [6.45, 7) is 35.3. The molecule has 0 spiro atoms. The lowest BCUT2D eigenvalue weighted by Crippen LogP contribution is -2.25. The van der Waals surface area contributed by atoms with Gasteiger partial charge in [-0.3, -0.25) is 0 Å². The standard InChI is InChI=1S/C20H24.2C19H22.2C13H17Br/c1-20(2,3)19-14-13-16(15-9-5-4-6-10-15)17-11-7-8-12-18(17)19;1-19(2,3)18-13-12-16-15(10-7-11-17(16)18)14-8-5-4-6-9-14;1-19(2,3)18-12-10-16-13-15(9-11-17(16)18)14-7-5-4-6-8-14;1-13(2,3)12-7-4-9-8-10(14)5-6-11(9)12;1-13(2,3)11-8-7-10-9(11)5-4-6-12(10)14/h4-12,16,19H,13-14H2,1-3H3;4-11,18H,12-13H2,1-3H3;4-9,11,13,18H,10,12H2,1-3H3;5-6,8,12H,4,7H2,1-3H3;4-6,11H,7-8H2,1-3H3. The van der Waals surface area contributed by atoms with Gasteiger partial charge in [0.1, 0.15) is 0 Å². The molecule has 0 heterocycles. The predicted octanol–water partition coefficient (Wildman–Crippen LogP) is 25.7. The van der Waals surface area contributed by atoms with E-state index in [9.17, 15) is 0 Å². The molecule has 2 heteroatoms. The van der Waals surface area contributed by atoms with E-state index >= 15 is 0 Å². The van der Waals surface area contributed by atoms with Crippen molar-refractivity contribution in [1.82, 2.24) is 0 Å². The fourth-order valence-electron chi connectivity index (χ4n) is 15.5. The van der Waals surface area contributed by atoms with E-state index in [0.717, 1.165) is 11.8 Å². The third kappa shape index (κ3) is 15.6. The maximum atomic E-state index is 3.64. The number of benzene rings is 8. The van der Waals surface area contributed by atoms with Crippen LogP contribution in [0.25, 0.3) is 22.3 Å². The summed E-state index contributed by atoms with van der Waals surface area (Å²) in [6, 6.07) is 68.8. The number of fused-ring (bicyclic) bond motifs is 5. The number of hydrogen-bond donors (Lipinski definition) is 0. The van der Waals surface area contributed by atoms with E-state index in [4.69, 9.17) is 0 Å². The number of aryl methyl sites for hydroxylation is 2. The first kappa shape index (κ1) is 65.2. The molecule has 0 N–H and O–H groups in total. The fraction of sp³-hybridized carbons (Fsp3) is 0.429. The zero-order chi connectivity index (χ0) is 61.8. The highest BCUT2D eigenvalue weighted by Gasteiger charge is 2.37. The Labute approximate surface area is 539 Å². The van der Waals surface area contributed by atoms with Crippen LogP contribution in [0.1, 0.15) is 239 Å². The lowest BCUT2D eigenvalue weighted by atomic mass is 9.65. The molecule has 6 unspecified atom stereocenters. The first-order valence-electron chi connectivity index (χ1n) is 32.7. The normalized spacial score (nSPS) is 20.2. The average Bonchev–Trinajstić information content (AvgIpc) is 1.86.